The zero-order valence-corrected chi connectivity index (χ0v) is 18.2. The number of methoxy groups -OCH3 is 2. The maximum absolute atomic E-state index is 15.7. The van der Waals surface area contributed by atoms with Gasteiger partial charge in [-0.3, -0.25) is 4.90 Å². The fraction of sp³-hybridized carbons (Fsp3) is 0.520. The molecule has 0 radical (unpaired) electrons. The van der Waals surface area contributed by atoms with E-state index >= 15 is 4.39 Å². The number of nitrogens with zero attached hydrogens (tertiary/aromatic N) is 1. The Balaban J connectivity index is 1.37. The van der Waals surface area contributed by atoms with Crippen LogP contribution in [0, 0.1) is 12.8 Å². The first kappa shape index (κ1) is 21.1. The smallest absolute Gasteiger partial charge is 0.161 e. The van der Waals surface area contributed by atoms with Gasteiger partial charge in [-0.15, -0.1) is 0 Å². The molecule has 2 atom stereocenters. The van der Waals surface area contributed by atoms with Crippen LogP contribution in [0.1, 0.15) is 47.6 Å². The minimum Gasteiger partial charge on any atom is -0.493 e. The molecule has 4 rings (SSSR count). The van der Waals surface area contributed by atoms with Gasteiger partial charge in [-0.1, -0.05) is 29.8 Å². The Morgan fingerprint density at radius 1 is 1.10 bits per heavy atom. The highest BCUT2D eigenvalue weighted by molar-refractivity contribution is 5.50. The summed E-state index contributed by atoms with van der Waals surface area (Å²) in [6.45, 7) is 4.47. The van der Waals surface area contributed by atoms with Crippen LogP contribution in [0.3, 0.4) is 0 Å². The molecule has 1 aliphatic heterocycles. The molecule has 2 aromatic carbocycles. The van der Waals surface area contributed by atoms with Crippen molar-refractivity contribution < 1.29 is 19.0 Å². The van der Waals surface area contributed by atoms with Gasteiger partial charge < -0.3 is 14.6 Å². The molecule has 2 aromatic rings. The zero-order valence-electron chi connectivity index (χ0n) is 18.2. The fourth-order valence-corrected chi connectivity index (χ4v) is 5.08. The molecule has 2 aliphatic rings. The zero-order chi connectivity index (χ0) is 21.3. The number of halogens is 1. The highest BCUT2D eigenvalue weighted by Gasteiger charge is 2.42. The molecular formula is C25H32FNO3. The van der Waals surface area contributed by atoms with Crippen molar-refractivity contribution in [1.29, 1.82) is 0 Å². The van der Waals surface area contributed by atoms with E-state index in [0.29, 0.717) is 37.2 Å². The second kappa shape index (κ2) is 8.56. The standard InChI is InChI=1S/C25H32FNO3/c1-17-5-4-6-18(11-17)16-27-9-7-25(26,8-10-27)15-20-12-19-13-22(29-2)23(30-3)14-21(19)24(20)28/h4-6,11,13-14,20,24,28H,7-10,12,15-16H2,1-3H3. The highest BCUT2D eigenvalue weighted by atomic mass is 19.1. The second-order valence-corrected chi connectivity index (χ2v) is 8.94. The number of likely N-dealkylation sites (tertiary alicyclic amines) is 1. The van der Waals surface area contributed by atoms with Gasteiger partial charge in [0.05, 0.1) is 20.3 Å². The van der Waals surface area contributed by atoms with Gasteiger partial charge in [-0.2, -0.15) is 0 Å². The number of piperidine rings is 1. The average Bonchev–Trinajstić information content (AvgIpc) is 3.03. The summed E-state index contributed by atoms with van der Waals surface area (Å²) in [5.41, 5.74) is 3.20. The van der Waals surface area contributed by atoms with Gasteiger partial charge in [0.2, 0.25) is 0 Å². The summed E-state index contributed by atoms with van der Waals surface area (Å²) in [5, 5.41) is 10.9. The van der Waals surface area contributed by atoms with Gasteiger partial charge in [-0.05, 0) is 67.3 Å². The topological polar surface area (TPSA) is 41.9 Å². The first-order chi connectivity index (χ1) is 14.4. The number of benzene rings is 2. The molecule has 5 heteroatoms. The van der Waals surface area contributed by atoms with E-state index in [2.05, 4.69) is 36.1 Å². The molecule has 2 unspecified atom stereocenters. The van der Waals surface area contributed by atoms with E-state index in [-0.39, 0.29) is 5.92 Å². The molecule has 0 aromatic heterocycles. The molecule has 30 heavy (non-hydrogen) atoms. The monoisotopic (exact) mass is 413 g/mol. The molecule has 0 amide bonds. The lowest BCUT2D eigenvalue weighted by molar-refractivity contribution is 0.00931. The normalized spacial score (nSPS) is 23.2. The van der Waals surface area contributed by atoms with E-state index < -0.39 is 11.8 Å². The Bertz CT molecular complexity index is 892. The van der Waals surface area contributed by atoms with Gasteiger partial charge in [0.15, 0.2) is 11.5 Å². The SMILES string of the molecule is COc1cc2c(cc1OC)C(O)C(CC1(F)CCN(Cc3cccc(C)c3)CC1)C2. The Labute approximate surface area is 178 Å². The van der Waals surface area contributed by atoms with Crippen LogP contribution in [0.15, 0.2) is 36.4 Å². The van der Waals surface area contributed by atoms with Crippen LogP contribution in [0.4, 0.5) is 4.39 Å². The third-order valence-electron chi connectivity index (χ3n) is 6.76. The molecule has 4 nitrogen and oxygen atoms in total. The van der Waals surface area contributed by atoms with E-state index in [1.807, 2.05) is 12.1 Å². The van der Waals surface area contributed by atoms with Crippen LogP contribution in [0.5, 0.6) is 11.5 Å². The number of fused-ring (bicyclic) bond motifs is 1. The van der Waals surface area contributed by atoms with Crippen molar-refractivity contribution in [3.63, 3.8) is 0 Å². The van der Waals surface area contributed by atoms with Crippen molar-refractivity contribution in [3.8, 4) is 11.5 Å². The third kappa shape index (κ3) is 4.33. The Hall–Kier alpha value is -2.11. The summed E-state index contributed by atoms with van der Waals surface area (Å²) in [5.74, 6) is 1.16. The third-order valence-corrected chi connectivity index (χ3v) is 6.76. The summed E-state index contributed by atoms with van der Waals surface area (Å²) in [7, 11) is 3.19. The molecule has 1 N–H and O–H groups in total. The largest absolute Gasteiger partial charge is 0.493 e. The van der Waals surface area contributed by atoms with E-state index in [9.17, 15) is 5.11 Å². The summed E-state index contributed by atoms with van der Waals surface area (Å²) in [4.78, 5) is 2.34. The molecular weight excluding hydrogens is 381 g/mol. The van der Waals surface area contributed by atoms with E-state index in [1.165, 1.54) is 11.1 Å². The van der Waals surface area contributed by atoms with Crippen molar-refractivity contribution in [2.24, 2.45) is 5.92 Å². The number of aliphatic hydroxyl groups excluding tert-OH is 1. The quantitative estimate of drug-likeness (QED) is 0.751. The molecule has 1 aliphatic carbocycles. The van der Waals surface area contributed by atoms with Crippen LogP contribution in [-0.2, 0) is 13.0 Å². The highest BCUT2D eigenvalue weighted by Crippen LogP contribution is 2.46. The number of alkyl halides is 1. The molecule has 0 saturated carbocycles. The van der Waals surface area contributed by atoms with Gasteiger partial charge >= 0.3 is 0 Å². The summed E-state index contributed by atoms with van der Waals surface area (Å²) in [6.07, 6.45) is 1.45. The summed E-state index contributed by atoms with van der Waals surface area (Å²) < 4.78 is 26.5. The van der Waals surface area contributed by atoms with E-state index in [4.69, 9.17) is 9.47 Å². The minimum absolute atomic E-state index is 0.106. The molecule has 1 saturated heterocycles. The Kier molecular flexibility index (Phi) is 6.03. The number of rotatable bonds is 6. The minimum atomic E-state index is -1.22. The molecule has 0 spiro atoms. The predicted octanol–water partition coefficient (Wildman–Crippen LogP) is 4.61. The van der Waals surface area contributed by atoms with Crippen molar-refractivity contribution >= 4 is 0 Å². The van der Waals surface area contributed by atoms with Crippen LogP contribution in [-0.4, -0.2) is 43.0 Å². The maximum atomic E-state index is 15.7. The molecule has 0 bridgehead atoms. The van der Waals surface area contributed by atoms with Crippen molar-refractivity contribution in [1.82, 2.24) is 4.90 Å². The van der Waals surface area contributed by atoms with Crippen LogP contribution < -0.4 is 9.47 Å². The lowest BCUT2D eigenvalue weighted by atomic mass is 9.82. The number of hydrogen-bond donors (Lipinski definition) is 1. The van der Waals surface area contributed by atoms with Crippen LogP contribution in [0.25, 0.3) is 0 Å². The van der Waals surface area contributed by atoms with Crippen molar-refractivity contribution in [2.75, 3.05) is 27.3 Å². The molecule has 1 fully saturated rings. The van der Waals surface area contributed by atoms with Gasteiger partial charge in [0, 0.05) is 19.6 Å². The predicted molar refractivity (Wildman–Crippen MR) is 116 cm³/mol. The van der Waals surface area contributed by atoms with E-state index in [1.54, 1.807) is 14.2 Å². The Morgan fingerprint density at radius 2 is 1.80 bits per heavy atom. The average molecular weight is 414 g/mol. The number of hydrogen-bond acceptors (Lipinski definition) is 4. The number of ether oxygens (including phenoxy) is 2. The van der Waals surface area contributed by atoms with Crippen LogP contribution in [0.2, 0.25) is 0 Å². The summed E-state index contributed by atoms with van der Waals surface area (Å²) >= 11 is 0. The van der Waals surface area contributed by atoms with Gasteiger partial charge in [0.1, 0.15) is 5.67 Å². The number of aryl methyl sites for hydroxylation is 1. The maximum Gasteiger partial charge on any atom is 0.161 e. The van der Waals surface area contributed by atoms with Crippen molar-refractivity contribution in [3.05, 3.63) is 58.7 Å². The lowest BCUT2D eigenvalue weighted by Gasteiger charge is -2.38. The van der Waals surface area contributed by atoms with Gasteiger partial charge in [0.25, 0.3) is 0 Å². The first-order valence-electron chi connectivity index (χ1n) is 10.8. The fourth-order valence-electron chi connectivity index (χ4n) is 5.08. The Morgan fingerprint density at radius 3 is 2.47 bits per heavy atom. The molecule has 162 valence electrons. The first-order valence-corrected chi connectivity index (χ1v) is 10.8. The number of aliphatic hydroxyl groups is 1. The molecule has 1 heterocycles. The van der Waals surface area contributed by atoms with Gasteiger partial charge in [-0.25, -0.2) is 4.39 Å². The lowest BCUT2D eigenvalue weighted by Crippen LogP contribution is -2.42. The van der Waals surface area contributed by atoms with Crippen molar-refractivity contribution in [2.45, 2.75) is 50.9 Å². The van der Waals surface area contributed by atoms with E-state index in [0.717, 1.165) is 30.8 Å². The summed E-state index contributed by atoms with van der Waals surface area (Å²) in [6, 6.07) is 12.3. The second-order valence-electron chi connectivity index (χ2n) is 8.94. The van der Waals surface area contributed by atoms with Crippen LogP contribution >= 0.6 is 0 Å².